The predicted molar refractivity (Wildman–Crippen MR) is 54.5 cm³/mol. The number of rotatable bonds is 7. The smallest absolute Gasteiger partial charge is 0.278 e. The van der Waals surface area contributed by atoms with Crippen LogP contribution in [0.2, 0.25) is 0 Å². The van der Waals surface area contributed by atoms with Gasteiger partial charge in [0.25, 0.3) is 15.6 Å². The van der Waals surface area contributed by atoms with E-state index < -0.39 is 36.2 Å². The standard InChI is InChI=1S/C6H15O11P3/c1-5-2-3-6(15-5)4-14-19(10,11)17-20(12,13)16-18(7,8)9/h5-6H,2-4H2,1H3,(H,10,11)(H,12,13)(H2,7,8,9)/p-4/t5-,6-/m0/s1. The second-order valence-electron chi connectivity index (χ2n) is 3.95. The summed E-state index contributed by atoms with van der Waals surface area (Å²) < 4.78 is 47.9. The summed E-state index contributed by atoms with van der Waals surface area (Å²) >= 11 is 0. The third-order valence-corrected chi connectivity index (χ3v) is 5.80. The van der Waals surface area contributed by atoms with Gasteiger partial charge in [0.05, 0.1) is 26.6 Å². The highest BCUT2D eigenvalue weighted by Crippen LogP contribution is 2.60. The summed E-state index contributed by atoms with van der Waals surface area (Å²) in [6.07, 6.45) is 0.531. The van der Waals surface area contributed by atoms with E-state index in [9.17, 15) is 33.3 Å². The first-order valence-electron chi connectivity index (χ1n) is 5.25. The van der Waals surface area contributed by atoms with Crippen molar-refractivity contribution in [1.82, 2.24) is 0 Å². The molecule has 0 aliphatic carbocycles. The van der Waals surface area contributed by atoms with Crippen molar-refractivity contribution >= 4 is 23.5 Å². The fourth-order valence-electron chi connectivity index (χ4n) is 1.47. The Labute approximate surface area is 114 Å². The molecule has 14 heteroatoms. The van der Waals surface area contributed by atoms with Crippen LogP contribution in [-0.2, 0) is 31.6 Å². The van der Waals surface area contributed by atoms with Gasteiger partial charge in [0.2, 0.25) is 0 Å². The number of hydrogen-bond donors (Lipinski definition) is 0. The number of phosphoric acid groups is 3. The molecule has 1 aliphatic rings. The molecule has 120 valence electrons. The quantitative estimate of drug-likeness (QED) is 0.480. The molecule has 1 fully saturated rings. The van der Waals surface area contributed by atoms with Gasteiger partial charge in [-0.05, 0) is 19.8 Å². The van der Waals surface area contributed by atoms with Crippen molar-refractivity contribution in [1.29, 1.82) is 0 Å². The maximum absolute atomic E-state index is 11.2. The molecule has 1 heterocycles. The number of ether oxygens (including phenoxy) is 1. The molecule has 0 aromatic heterocycles. The normalized spacial score (nSPS) is 29.9. The van der Waals surface area contributed by atoms with Gasteiger partial charge in [-0.3, -0.25) is 13.4 Å². The van der Waals surface area contributed by atoms with Crippen molar-refractivity contribution in [2.24, 2.45) is 0 Å². The molecule has 0 aromatic carbocycles. The van der Waals surface area contributed by atoms with Crippen molar-refractivity contribution in [3.63, 3.8) is 0 Å². The Bertz CT molecular complexity index is 471. The predicted octanol–water partition coefficient (Wildman–Crippen LogP) is -1.63. The van der Waals surface area contributed by atoms with E-state index in [0.717, 1.165) is 0 Å². The number of hydrogen-bond acceptors (Lipinski definition) is 11. The molecule has 2 unspecified atom stereocenters. The lowest BCUT2D eigenvalue weighted by molar-refractivity contribution is -0.339. The second-order valence-corrected chi connectivity index (χ2v) is 8.19. The molecular formula is C6H11O11P3-4. The fourth-order valence-corrected chi connectivity index (χ4v) is 4.35. The number of phosphoric ester groups is 1. The van der Waals surface area contributed by atoms with Gasteiger partial charge >= 0.3 is 0 Å². The van der Waals surface area contributed by atoms with Crippen molar-refractivity contribution in [2.45, 2.75) is 32.0 Å². The highest BCUT2D eigenvalue weighted by molar-refractivity contribution is 7.64. The van der Waals surface area contributed by atoms with Crippen LogP contribution in [0.1, 0.15) is 19.8 Å². The monoisotopic (exact) mass is 352 g/mol. The molecule has 20 heavy (non-hydrogen) atoms. The van der Waals surface area contributed by atoms with Crippen LogP contribution >= 0.6 is 23.5 Å². The minimum atomic E-state index is -5.96. The third-order valence-electron chi connectivity index (χ3n) is 2.14. The molecule has 0 bridgehead atoms. The maximum Gasteiger partial charge on any atom is 0.278 e. The molecule has 0 saturated carbocycles. The summed E-state index contributed by atoms with van der Waals surface area (Å²) in [5.41, 5.74) is 0. The third kappa shape index (κ3) is 7.40. The Morgan fingerprint density at radius 2 is 1.65 bits per heavy atom. The molecule has 1 saturated heterocycles. The van der Waals surface area contributed by atoms with Crippen molar-refractivity contribution in [3.8, 4) is 0 Å². The molecule has 11 nitrogen and oxygen atoms in total. The topological polar surface area (TPSA) is 180 Å². The van der Waals surface area contributed by atoms with Crippen LogP contribution in [0.3, 0.4) is 0 Å². The van der Waals surface area contributed by atoms with Crippen LogP contribution < -0.4 is 19.6 Å². The Hall–Kier alpha value is 0.370. The summed E-state index contributed by atoms with van der Waals surface area (Å²) in [6.45, 7) is 1.25. The average molecular weight is 352 g/mol. The second kappa shape index (κ2) is 6.64. The lowest BCUT2D eigenvalue weighted by Crippen LogP contribution is -2.22. The van der Waals surface area contributed by atoms with E-state index in [4.69, 9.17) is 4.74 Å². The van der Waals surface area contributed by atoms with Gasteiger partial charge in [0.1, 0.15) is 0 Å². The zero-order valence-corrected chi connectivity index (χ0v) is 12.8. The van der Waals surface area contributed by atoms with Gasteiger partial charge in [0.15, 0.2) is 0 Å². The van der Waals surface area contributed by atoms with E-state index in [-0.39, 0.29) is 6.10 Å². The first-order chi connectivity index (χ1) is 8.89. The minimum Gasteiger partial charge on any atom is -0.790 e. The van der Waals surface area contributed by atoms with Crippen LogP contribution in [-0.4, -0.2) is 18.8 Å². The van der Waals surface area contributed by atoms with E-state index in [1.165, 1.54) is 0 Å². The zero-order chi connectivity index (χ0) is 15.6. The van der Waals surface area contributed by atoms with Gasteiger partial charge in [-0.2, -0.15) is 0 Å². The van der Waals surface area contributed by atoms with Crippen molar-refractivity contribution < 1.29 is 51.2 Å². The SMILES string of the molecule is C[C@H]1CC[C@@H](COP(=O)([O-])OP(=O)([O-])OP(=O)([O-])[O-])O1. The zero-order valence-electron chi connectivity index (χ0n) is 10.1. The summed E-state index contributed by atoms with van der Waals surface area (Å²) in [7, 11) is -17.3. The molecule has 0 radical (unpaired) electrons. The van der Waals surface area contributed by atoms with Gasteiger partial charge in [0, 0.05) is 0 Å². The van der Waals surface area contributed by atoms with Crippen LogP contribution in [0.25, 0.3) is 0 Å². The van der Waals surface area contributed by atoms with Gasteiger partial charge in [-0.25, -0.2) is 4.31 Å². The molecule has 0 aromatic rings. The lowest BCUT2D eigenvalue weighted by Gasteiger charge is -2.37. The van der Waals surface area contributed by atoms with Gasteiger partial charge < -0.3 is 33.4 Å². The molecular weight excluding hydrogens is 341 g/mol. The van der Waals surface area contributed by atoms with Crippen LogP contribution in [0.4, 0.5) is 0 Å². The summed E-state index contributed by atoms with van der Waals surface area (Å²) in [4.78, 5) is 42.2. The van der Waals surface area contributed by atoms with E-state index in [1.807, 2.05) is 0 Å². The van der Waals surface area contributed by atoms with Crippen LogP contribution in [0.15, 0.2) is 0 Å². The minimum absolute atomic E-state index is 0.0868. The molecule has 0 amide bonds. The average Bonchev–Trinajstić information content (AvgIpc) is 2.55. The van der Waals surface area contributed by atoms with Gasteiger partial charge in [-0.15, -0.1) is 0 Å². The highest BCUT2D eigenvalue weighted by atomic mass is 31.3. The Balaban J connectivity index is 2.50. The first-order valence-corrected chi connectivity index (χ1v) is 9.63. The molecule has 0 spiro atoms. The lowest BCUT2D eigenvalue weighted by atomic mass is 10.2. The highest BCUT2D eigenvalue weighted by Gasteiger charge is 2.26. The largest absolute Gasteiger partial charge is 0.790 e. The van der Waals surface area contributed by atoms with E-state index >= 15 is 0 Å². The van der Waals surface area contributed by atoms with Crippen molar-refractivity contribution in [3.05, 3.63) is 0 Å². The van der Waals surface area contributed by atoms with E-state index in [0.29, 0.717) is 12.8 Å². The Kier molecular flexibility index (Phi) is 6.12. The molecule has 0 N–H and O–H groups in total. The summed E-state index contributed by atoms with van der Waals surface area (Å²) in [5.74, 6) is 0. The van der Waals surface area contributed by atoms with Crippen LogP contribution in [0.5, 0.6) is 0 Å². The Morgan fingerprint density at radius 1 is 1.05 bits per heavy atom. The molecule has 1 rings (SSSR count). The maximum atomic E-state index is 11.2. The van der Waals surface area contributed by atoms with E-state index in [2.05, 4.69) is 13.1 Å². The van der Waals surface area contributed by atoms with Crippen molar-refractivity contribution in [2.75, 3.05) is 6.61 Å². The summed E-state index contributed by atoms with van der Waals surface area (Å²) in [5, 5.41) is 0. The first kappa shape index (κ1) is 18.4. The fraction of sp³-hybridized carbons (Fsp3) is 1.00. The molecule has 4 atom stereocenters. The van der Waals surface area contributed by atoms with E-state index in [1.54, 1.807) is 6.92 Å². The summed E-state index contributed by atoms with van der Waals surface area (Å²) in [6, 6.07) is 0. The van der Waals surface area contributed by atoms with Crippen LogP contribution in [0, 0.1) is 0 Å². The molecule has 1 aliphatic heterocycles. The Morgan fingerprint density at radius 3 is 2.10 bits per heavy atom. The van der Waals surface area contributed by atoms with Gasteiger partial charge in [-0.1, -0.05) is 0 Å².